The third-order valence-corrected chi connectivity index (χ3v) is 7.09. The van der Waals surface area contributed by atoms with Crippen LogP contribution in [0.2, 0.25) is 0 Å². The van der Waals surface area contributed by atoms with E-state index >= 15 is 0 Å². The number of ether oxygens (including phenoxy) is 3. The fourth-order valence-electron chi connectivity index (χ4n) is 4.23. The monoisotopic (exact) mass is 571 g/mol. The minimum Gasteiger partial charge on any atom is -0.496 e. The number of aryl methyl sites for hydroxylation is 4. The zero-order valence-electron chi connectivity index (χ0n) is 24.0. The van der Waals surface area contributed by atoms with Crippen LogP contribution in [0.3, 0.4) is 0 Å². The molecule has 0 unspecified atom stereocenters. The van der Waals surface area contributed by atoms with Crippen LogP contribution in [-0.2, 0) is 19.6 Å². The predicted molar refractivity (Wildman–Crippen MR) is 154 cm³/mol. The third-order valence-electron chi connectivity index (χ3n) is 6.22. The summed E-state index contributed by atoms with van der Waals surface area (Å²) >= 11 is 0. The summed E-state index contributed by atoms with van der Waals surface area (Å²) in [4.78, 5) is 11.5. The first-order valence-electron chi connectivity index (χ1n) is 12.7. The number of rotatable bonds is 10. The largest absolute Gasteiger partial charge is 0.496 e. The van der Waals surface area contributed by atoms with Crippen molar-refractivity contribution in [3.8, 4) is 16.9 Å². The number of hydrogen-bond acceptors (Lipinski definition) is 9. The average molecular weight is 572 g/mol. The Balaban J connectivity index is 0.000000371. The van der Waals surface area contributed by atoms with E-state index in [0.717, 1.165) is 45.3 Å². The average Bonchev–Trinajstić information content (AvgIpc) is 3.25. The molecule has 12 heteroatoms. The van der Waals surface area contributed by atoms with Gasteiger partial charge in [0.05, 0.1) is 30.9 Å². The van der Waals surface area contributed by atoms with E-state index in [1.165, 1.54) is 12.1 Å². The summed E-state index contributed by atoms with van der Waals surface area (Å²) in [5, 5.41) is 4.82. The van der Waals surface area contributed by atoms with Crippen LogP contribution >= 0.6 is 0 Å². The van der Waals surface area contributed by atoms with E-state index in [2.05, 4.69) is 24.0 Å². The Hall–Kier alpha value is -3.58. The molecule has 4 aromatic rings. The zero-order chi connectivity index (χ0) is 29.4. The number of hydrogen-bond donors (Lipinski definition) is 1. The molecule has 2 heterocycles. The van der Waals surface area contributed by atoms with Crippen LogP contribution in [0.1, 0.15) is 22.6 Å². The Morgan fingerprint density at radius 2 is 1.52 bits per heavy atom. The molecule has 2 aromatic heterocycles. The van der Waals surface area contributed by atoms with Gasteiger partial charge in [-0.25, -0.2) is 4.98 Å². The molecule has 0 saturated carbocycles. The molecule has 0 atom stereocenters. The molecule has 40 heavy (non-hydrogen) atoms. The minimum atomic E-state index is -4.00. The van der Waals surface area contributed by atoms with Gasteiger partial charge in [-0.3, -0.25) is 4.55 Å². The molecular weight excluding hydrogens is 534 g/mol. The fraction of sp³-hybridized carbons (Fsp3) is 0.393. The van der Waals surface area contributed by atoms with Crippen molar-refractivity contribution in [2.75, 3.05) is 52.5 Å². The topological polar surface area (TPSA) is 128 Å². The van der Waals surface area contributed by atoms with Crippen LogP contribution in [0.25, 0.3) is 16.8 Å². The minimum absolute atomic E-state index is 0.0741. The summed E-state index contributed by atoms with van der Waals surface area (Å²) < 4.78 is 47.2. The number of benzene rings is 2. The quantitative estimate of drug-likeness (QED) is 0.278. The van der Waals surface area contributed by atoms with Gasteiger partial charge >= 0.3 is 0 Å². The number of aromatic nitrogens is 4. The first kappa shape index (κ1) is 31.0. The van der Waals surface area contributed by atoms with Gasteiger partial charge in [-0.05, 0) is 68.7 Å². The van der Waals surface area contributed by atoms with Gasteiger partial charge in [0.15, 0.2) is 5.65 Å². The van der Waals surface area contributed by atoms with E-state index in [-0.39, 0.29) is 4.90 Å². The number of nitrogens with zero attached hydrogens (tertiary/aromatic N) is 5. The second kappa shape index (κ2) is 13.7. The van der Waals surface area contributed by atoms with E-state index in [9.17, 15) is 8.42 Å². The second-order valence-electron chi connectivity index (χ2n) is 9.16. The first-order valence-corrected chi connectivity index (χ1v) is 14.1. The van der Waals surface area contributed by atoms with Crippen LogP contribution < -0.4 is 9.64 Å². The van der Waals surface area contributed by atoms with Crippen molar-refractivity contribution in [1.82, 2.24) is 19.6 Å². The Morgan fingerprint density at radius 1 is 0.900 bits per heavy atom. The first-order chi connectivity index (χ1) is 19.0. The van der Waals surface area contributed by atoms with Crippen LogP contribution in [0.15, 0.2) is 47.4 Å². The van der Waals surface area contributed by atoms with Gasteiger partial charge in [-0.15, -0.1) is 0 Å². The predicted octanol–water partition coefficient (Wildman–Crippen LogP) is 4.07. The van der Waals surface area contributed by atoms with Gasteiger partial charge in [-0.1, -0.05) is 18.2 Å². The van der Waals surface area contributed by atoms with Gasteiger partial charge in [0.1, 0.15) is 11.6 Å². The molecule has 0 spiro atoms. The van der Waals surface area contributed by atoms with Crippen LogP contribution in [0.5, 0.6) is 5.75 Å². The molecule has 0 aliphatic heterocycles. The van der Waals surface area contributed by atoms with Gasteiger partial charge in [0.2, 0.25) is 5.95 Å². The Labute approximate surface area is 235 Å². The van der Waals surface area contributed by atoms with Crippen molar-refractivity contribution in [2.45, 2.75) is 32.6 Å². The molecule has 0 saturated heterocycles. The van der Waals surface area contributed by atoms with Crippen molar-refractivity contribution in [1.29, 1.82) is 0 Å². The lowest BCUT2D eigenvalue weighted by molar-refractivity contribution is 0.189. The van der Waals surface area contributed by atoms with Crippen molar-refractivity contribution in [3.05, 3.63) is 65.1 Å². The van der Waals surface area contributed by atoms with Gasteiger partial charge in [0.25, 0.3) is 10.1 Å². The molecule has 1 N–H and O–H groups in total. The van der Waals surface area contributed by atoms with E-state index in [1.54, 1.807) is 39.5 Å². The maximum absolute atomic E-state index is 10.4. The van der Waals surface area contributed by atoms with E-state index in [1.807, 2.05) is 25.3 Å². The van der Waals surface area contributed by atoms with E-state index in [4.69, 9.17) is 33.8 Å². The van der Waals surface area contributed by atoms with E-state index < -0.39 is 10.1 Å². The summed E-state index contributed by atoms with van der Waals surface area (Å²) in [7, 11) is 1.08. The second-order valence-corrected chi connectivity index (χ2v) is 10.6. The van der Waals surface area contributed by atoms with Crippen molar-refractivity contribution in [2.24, 2.45) is 0 Å². The van der Waals surface area contributed by atoms with Gasteiger partial charge in [-0.2, -0.15) is 23.0 Å². The molecule has 0 radical (unpaired) electrons. The summed E-state index contributed by atoms with van der Waals surface area (Å²) in [6.45, 7) is 10.6. The van der Waals surface area contributed by atoms with Gasteiger partial charge < -0.3 is 19.1 Å². The number of methoxy groups -OCH3 is 3. The van der Waals surface area contributed by atoms with Crippen LogP contribution in [-0.4, -0.2) is 80.2 Å². The highest BCUT2D eigenvalue weighted by atomic mass is 32.2. The zero-order valence-corrected chi connectivity index (χ0v) is 24.8. The van der Waals surface area contributed by atoms with Crippen molar-refractivity contribution >= 4 is 21.7 Å². The SMILES string of the molecule is COCCN(CCOC)c1nc(C)nc2c(-c3cc(C)c(OC)cc3C)c(C)nn12.O=S(=O)(O)c1ccccc1. The molecule has 2 aromatic carbocycles. The molecule has 0 fully saturated rings. The lowest BCUT2D eigenvalue weighted by Crippen LogP contribution is -2.33. The summed E-state index contributed by atoms with van der Waals surface area (Å²) in [5.41, 5.74) is 6.01. The lowest BCUT2D eigenvalue weighted by Gasteiger charge is -2.23. The maximum atomic E-state index is 10.4. The standard InChI is InChI=1S/C22H31N5O3.C6H6O3S/c1-14-13-19(30-7)15(2)12-18(14)20-16(3)25-27-21(20)23-17(4)24-22(27)26(8-10-28-5)9-11-29-6;7-10(8,9)6-4-2-1-3-5-6/h12-13H,8-11H2,1-7H3;1-5H,(H,7,8,9). The number of anilines is 1. The Morgan fingerprint density at radius 3 is 2.05 bits per heavy atom. The molecule has 11 nitrogen and oxygen atoms in total. The van der Waals surface area contributed by atoms with Gasteiger partial charge in [0, 0.05) is 32.9 Å². The smallest absolute Gasteiger partial charge is 0.294 e. The van der Waals surface area contributed by atoms with Crippen LogP contribution in [0.4, 0.5) is 5.95 Å². The summed E-state index contributed by atoms with van der Waals surface area (Å²) in [6.07, 6.45) is 0. The normalized spacial score (nSPS) is 11.3. The molecular formula is C28H37N5O6S. The lowest BCUT2D eigenvalue weighted by atomic mass is 9.98. The van der Waals surface area contributed by atoms with Crippen molar-refractivity contribution < 1.29 is 27.2 Å². The summed E-state index contributed by atoms with van der Waals surface area (Å²) in [5.74, 6) is 2.31. The fourth-order valence-corrected chi connectivity index (χ4v) is 4.74. The Bertz CT molecular complexity index is 1530. The van der Waals surface area contributed by atoms with Crippen LogP contribution in [0, 0.1) is 27.7 Å². The van der Waals surface area contributed by atoms with E-state index in [0.29, 0.717) is 32.1 Å². The molecule has 216 valence electrons. The third kappa shape index (κ3) is 7.33. The summed E-state index contributed by atoms with van der Waals surface area (Å²) in [6, 6.07) is 11.6. The Kier molecular flexibility index (Phi) is 10.6. The molecule has 4 rings (SSSR count). The highest BCUT2D eigenvalue weighted by molar-refractivity contribution is 7.85. The highest BCUT2D eigenvalue weighted by Crippen LogP contribution is 2.35. The van der Waals surface area contributed by atoms with Crippen molar-refractivity contribution in [3.63, 3.8) is 0 Å². The molecule has 0 aliphatic carbocycles. The highest BCUT2D eigenvalue weighted by Gasteiger charge is 2.22. The molecule has 0 bridgehead atoms. The maximum Gasteiger partial charge on any atom is 0.294 e. The molecule has 0 aliphatic rings. The number of fused-ring (bicyclic) bond motifs is 1. The molecule has 0 amide bonds.